The van der Waals surface area contributed by atoms with Crippen LogP contribution in [0.15, 0.2) is 18.2 Å². The molecular weight excluding hydrogens is 316 g/mol. The molecular formula is C20H32N2O3. The number of ether oxygens (including phenoxy) is 2. The Labute approximate surface area is 151 Å². The van der Waals surface area contributed by atoms with E-state index in [1.165, 1.54) is 0 Å². The second-order valence-corrected chi connectivity index (χ2v) is 6.50. The van der Waals surface area contributed by atoms with Crippen molar-refractivity contribution in [1.29, 1.82) is 0 Å². The van der Waals surface area contributed by atoms with Crippen molar-refractivity contribution in [2.24, 2.45) is 0 Å². The number of amides is 1. The Hall–Kier alpha value is -1.75. The fourth-order valence-electron chi connectivity index (χ4n) is 3.06. The van der Waals surface area contributed by atoms with Gasteiger partial charge in [0, 0.05) is 24.7 Å². The molecule has 0 aromatic heterocycles. The Bertz CT molecular complexity index is 542. The maximum Gasteiger partial charge on any atom is 0.254 e. The zero-order chi connectivity index (χ0) is 18.1. The minimum atomic E-state index is 0.0824. The van der Waals surface area contributed by atoms with Crippen LogP contribution < -0.4 is 14.8 Å². The van der Waals surface area contributed by atoms with Crippen LogP contribution in [0.4, 0.5) is 0 Å². The second kappa shape index (κ2) is 10.3. The first kappa shape index (κ1) is 19.6. The highest BCUT2D eigenvalue weighted by Gasteiger charge is 2.27. The van der Waals surface area contributed by atoms with Crippen molar-refractivity contribution in [2.75, 3.05) is 32.8 Å². The fourth-order valence-corrected chi connectivity index (χ4v) is 3.06. The Morgan fingerprint density at radius 3 is 2.44 bits per heavy atom. The van der Waals surface area contributed by atoms with Gasteiger partial charge in [0.15, 0.2) is 11.5 Å². The maximum atomic E-state index is 13.1. The van der Waals surface area contributed by atoms with E-state index in [2.05, 4.69) is 26.1 Å². The average molecular weight is 348 g/mol. The summed E-state index contributed by atoms with van der Waals surface area (Å²) in [5.74, 6) is 1.47. The van der Waals surface area contributed by atoms with Gasteiger partial charge in [-0.2, -0.15) is 0 Å². The molecule has 0 bridgehead atoms. The van der Waals surface area contributed by atoms with Gasteiger partial charge in [0.2, 0.25) is 0 Å². The van der Waals surface area contributed by atoms with Crippen LogP contribution in [0.1, 0.15) is 56.8 Å². The number of hydrogen-bond acceptors (Lipinski definition) is 4. The van der Waals surface area contributed by atoms with Crippen molar-refractivity contribution in [3.8, 4) is 11.5 Å². The summed E-state index contributed by atoms with van der Waals surface area (Å²) in [5.41, 5.74) is 0.676. The van der Waals surface area contributed by atoms with Crippen LogP contribution in [-0.4, -0.2) is 49.7 Å². The molecule has 1 unspecified atom stereocenters. The molecule has 0 saturated carbocycles. The molecule has 1 saturated heterocycles. The Morgan fingerprint density at radius 2 is 1.84 bits per heavy atom. The smallest absolute Gasteiger partial charge is 0.254 e. The van der Waals surface area contributed by atoms with Gasteiger partial charge in [-0.1, -0.05) is 20.8 Å². The Balaban J connectivity index is 2.21. The van der Waals surface area contributed by atoms with E-state index in [4.69, 9.17) is 9.47 Å². The molecule has 1 N–H and O–H groups in total. The topological polar surface area (TPSA) is 50.8 Å². The van der Waals surface area contributed by atoms with Gasteiger partial charge in [0.05, 0.1) is 13.2 Å². The van der Waals surface area contributed by atoms with Gasteiger partial charge in [0.25, 0.3) is 5.91 Å². The van der Waals surface area contributed by atoms with Crippen LogP contribution in [0.25, 0.3) is 0 Å². The minimum Gasteiger partial charge on any atom is -0.490 e. The molecule has 0 spiro atoms. The minimum absolute atomic E-state index is 0.0824. The molecule has 5 nitrogen and oxygen atoms in total. The lowest BCUT2D eigenvalue weighted by Gasteiger charge is -2.28. The first-order valence-electron chi connectivity index (χ1n) is 9.62. The summed E-state index contributed by atoms with van der Waals surface area (Å²) < 4.78 is 11.6. The highest BCUT2D eigenvalue weighted by Crippen LogP contribution is 2.30. The van der Waals surface area contributed by atoms with Gasteiger partial charge < -0.3 is 19.7 Å². The lowest BCUT2D eigenvalue weighted by Crippen LogP contribution is -2.42. The van der Waals surface area contributed by atoms with E-state index in [1.807, 2.05) is 23.1 Å². The van der Waals surface area contributed by atoms with Crippen molar-refractivity contribution in [2.45, 2.75) is 52.5 Å². The third-order valence-corrected chi connectivity index (χ3v) is 4.31. The molecule has 2 rings (SSSR count). The summed E-state index contributed by atoms with van der Waals surface area (Å²) >= 11 is 0. The molecule has 1 atom stereocenters. The molecule has 1 aromatic rings. The number of carbonyl (C=O) groups excluding carboxylic acids is 1. The summed E-state index contributed by atoms with van der Waals surface area (Å²) in [6.45, 7) is 10.2. The van der Waals surface area contributed by atoms with Crippen LogP contribution in [-0.2, 0) is 0 Å². The second-order valence-electron chi connectivity index (χ2n) is 6.50. The van der Waals surface area contributed by atoms with E-state index in [-0.39, 0.29) is 11.9 Å². The number of hydrogen-bond donors (Lipinski definition) is 1. The highest BCUT2D eigenvalue weighted by atomic mass is 16.5. The van der Waals surface area contributed by atoms with Crippen molar-refractivity contribution in [3.05, 3.63) is 23.8 Å². The number of nitrogens with zero attached hydrogens (tertiary/aromatic N) is 1. The predicted molar refractivity (Wildman–Crippen MR) is 101 cm³/mol. The average Bonchev–Trinajstić information content (AvgIpc) is 3.16. The monoisotopic (exact) mass is 348 g/mol. The summed E-state index contributed by atoms with van der Waals surface area (Å²) in [5, 5.41) is 3.35. The van der Waals surface area contributed by atoms with Crippen LogP contribution in [0, 0.1) is 0 Å². The summed E-state index contributed by atoms with van der Waals surface area (Å²) in [4.78, 5) is 15.1. The van der Waals surface area contributed by atoms with E-state index >= 15 is 0 Å². The first-order valence-corrected chi connectivity index (χ1v) is 9.62. The predicted octanol–water partition coefficient (Wildman–Crippen LogP) is 3.48. The highest BCUT2D eigenvalue weighted by molar-refractivity contribution is 5.95. The fraction of sp³-hybridized carbons (Fsp3) is 0.650. The lowest BCUT2D eigenvalue weighted by atomic mass is 10.1. The third kappa shape index (κ3) is 5.36. The Morgan fingerprint density at radius 1 is 1.12 bits per heavy atom. The summed E-state index contributed by atoms with van der Waals surface area (Å²) in [6, 6.07) is 5.85. The lowest BCUT2D eigenvalue weighted by molar-refractivity contribution is 0.0691. The number of carbonyl (C=O) groups is 1. The normalized spacial score (nSPS) is 16.7. The summed E-state index contributed by atoms with van der Waals surface area (Å²) in [6.07, 6.45) is 3.83. The van der Waals surface area contributed by atoms with E-state index in [0.29, 0.717) is 24.5 Å². The largest absolute Gasteiger partial charge is 0.490 e. The van der Waals surface area contributed by atoms with E-state index in [0.717, 1.165) is 51.1 Å². The molecule has 1 aromatic carbocycles. The number of benzene rings is 1. The van der Waals surface area contributed by atoms with Gasteiger partial charge in [-0.05, 0) is 50.4 Å². The summed E-state index contributed by atoms with van der Waals surface area (Å²) in [7, 11) is 0. The van der Waals surface area contributed by atoms with Crippen molar-refractivity contribution >= 4 is 5.91 Å². The number of rotatable bonds is 10. The molecule has 1 aliphatic heterocycles. The first-order chi connectivity index (χ1) is 12.2. The molecule has 5 heteroatoms. The molecule has 25 heavy (non-hydrogen) atoms. The molecule has 1 aliphatic rings. The van der Waals surface area contributed by atoms with Crippen molar-refractivity contribution < 1.29 is 14.3 Å². The molecule has 0 radical (unpaired) electrons. The van der Waals surface area contributed by atoms with E-state index < -0.39 is 0 Å². The van der Waals surface area contributed by atoms with Crippen LogP contribution in [0.3, 0.4) is 0 Å². The van der Waals surface area contributed by atoms with Gasteiger partial charge in [0.1, 0.15) is 0 Å². The van der Waals surface area contributed by atoms with Gasteiger partial charge in [-0.3, -0.25) is 4.79 Å². The van der Waals surface area contributed by atoms with Gasteiger partial charge >= 0.3 is 0 Å². The van der Waals surface area contributed by atoms with Crippen molar-refractivity contribution in [1.82, 2.24) is 10.2 Å². The molecule has 1 fully saturated rings. The SMILES string of the molecule is CCCOc1ccc(C(=O)N(CCC)C2CCNC2)cc1OCCC. The van der Waals surface area contributed by atoms with E-state index in [1.54, 1.807) is 0 Å². The van der Waals surface area contributed by atoms with E-state index in [9.17, 15) is 4.79 Å². The zero-order valence-electron chi connectivity index (χ0n) is 15.8. The molecule has 0 aliphatic carbocycles. The maximum absolute atomic E-state index is 13.1. The molecule has 1 amide bonds. The van der Waals surface area contributed by atoms with Crippen LogP contribution in [0.5, 0.6) is 11.5 Å². The standard InChI is InChI=1S/C20H32N2O3/c1-4-11-22(17-9-10-21-15-17)20(23)16-7-8-18(24-12-5-2)19(14-16)25-13-6-3/h7-8,14,17,21H,4-6,9-13,15H2,1-3H3. The third-order valence-electron chi connectivity index (χ3n) is 4.31. The van der Waals surface area contributed by atoms with Gasteiger partial charge in [-0.15, -0.1) is 0 Å². The zero-order valence-corrected chi connectivity index (χ0v) is 15.8. The Kier molecular flexibility index (Phi) is 8.06. The van der Waals surface area contributed by atoms with Crippen molar-refractivity contribution in [3.63, 3.8) is 0 Å². The number of nitrogens with one attached hydrogen (secondary N) is 1. The van der Waals surface area contributed by atoms with Crippen LogP contribution in [0.2, 0.25) is 0 Å². The molecule has 140 valence electrons. The van der Waals surface area contributed by atoms with Crippen LogP contribution >= 0.6 is 0 Å². The molecule has 1 heterocycles. The van der Waals surface area contributed by atoms with Gasteiger partial charge in [-0.25, -0.2) is 0 Å². The quantitative estimate of drug-likeness (QED) is 0.703.